The lowest BCUT2D eigenvalue weighted by Gasteiger charge is -2.20. The largest absolute Gasteiger partial charge is 0.493 e. The molecule has 2 aromatic carbocycles. The first kappa shape index (κ1) is 20.7. The summed E-state index contributed by atoms with van der Waals surface area (Å²) in [5, 5.41) is 0.221. The van der Waals surface area contributed by atoms with Crippen LogP contribution in [0.5, 0.6) is 11.5 Å². The first-order valence-corrected chi connectivity index (χ1v) is 10.1. The van der Waals surface area contributed by atoms with E-state index in [-0.39, 0.29) is 23.8 Å². The van der Waals surface area contributed by atoms with E-state index in [1.54, 1.807) is 48.7 Å². The number of amides is 1. The van der Waals surface area contributed by atoms with Crippen LogP contribution in [0.1, 0.15) is 5.69 Å². The molecule has 0 aliphatic heterocycles. The quantitative estimate of drug-likeness (QED) is 0.420. The van der Waals surface area contributed by atoms with Crippen molar-refractivity contribution in [3.63, 3.8) is 0 Å². The zero-order chi connectivity index (χ0) is 21.8. The Balaban J connectivity index is 1.64. The molecule has 0 aliphatic rings. The number of rotatable bonds is 7. The Morgan fingerprint density at radius 2 is 1.87 bits per heavy atom. The molecular weight excluding hydrogens is 424 g/mol. The number of halogens is 2. The topological polar surface area (TPSA) is 64.6 Å². The second-order valence-electron chi connectivity index (χ2n) is 6.47. The molecule has 6 nitrogen and oxygen atoms in total. The molecule has 0 unspecified atom stereocenters. The third-order valence-electron chi connectivity index (χ3n) is 4.40. The molecule has 0 bridgehead atoms. The van der Waals surface area contributed by atoms with Crippen molar-refractivity contribution < 1.29 is 23.0 Å². The molecule has 4 rings (SSSR count). The molecule has 158 valence electrons. The summed E-state index contributed by atoms with van der Waals surface area (Å²) in [6, 6.07) is 14.2. The van der Waals surface area contributed by atoms with Gasteiger partial charge < -0.3 is 9.47 Å². The molecule has 0 aliphatic carbocycles. The molecule has 0 fully saturated rings. The van der Waals surface area contributed by atoms with Gasteiger partial charge in [-0.2, -0.15) is 0 Å². The van der Waals surface area contributed by atoms with Gasteiger partial charge in [0.2, 0.25) is 0 Å². The van der Waals surface area contributed by atoms with Crippen LogP contribution in [0.15, 0.2) is 60.8 Å². The third-order valence-corrected chi connectivity index (χ3v) is 5.43. The molecule has 1 amide bonds. The van der Waals surface area contributed by atoms with Crippen LogP contribution in [-0.4, -0.2) is 29.6 Å². The van der Waals surface area contributed by atoms with Crippen LogP contribution in [0.25, 0.3) is 10.2 Å². The van der Waals surface area contributed by atoms with Gasteiger partial charge in [0.15, 0.2) is 29.1 Å². The summed E-state index contributed by atoms with van der Waals surface area (Å²) in [6.07, 6.45) is 1.61. The van der Waals surface area contributed by atoms with Crippen molar-refractivity contribution in [3.8, 4) is 11.5 Å². The van der Waals surface area contributed by atoms with E-state index in [0.717, 1.165) is 17.4 Å². The number of carbonyl (C=O) groups is 1. The Bertz CT molecular complexity index is 1220. The number of aromatic nitrogens is 2. The maximum atomic E-state index is 14.2. The summed E-state index contributed by atoms with van der Waals surface area (Å²) in [5.74, 6) is -1.01. The van der Waals surface area contributed by atoms with Crippen LogP contribution in [0, 0.1) is 11.6 Å². The van der Waals surface area contributed by atoms with Crippen molar-refractivity contribution >= 4 is 32.6 Å². The summed E-state index contributed by atoms with van der Waals surface area (Å²) < 4.78 is 39.0. The lowest BCUT2D eigenvalue weighted by Crippen LogP contribution is -2.34. The van der Waals surface area contributed by atoms with E-state index in [1.165, 1.54) is 18.1 Å². The van der Waals surface area contributed by atoms with Crippen LogP contribution in [0.4, 0.5) is 13.9 Å². The van der Waals surface area contributed by atoms with E-state index in [9.17, 15) is 13.6 Å². The second-order valence-corrected chi connectivity index (χ2v) is 7.48. The highest BCUT2D eigenvalue weighted by molar-refractivity contribution is 7.22. The number of carbonyl (C=O) groups excluding carboxylic acids is 1. The highest BCUT2D eigenvalue weighted by atomic mass is 32.1. The monoisotopic (exact) mass is 441 g/mol. The molecule has 9 heteroatoms. The van der Waals surface area contributed by atoms with Crippen molar-refractivity contribution in [1.29, 1.82) is 0 Å². The number of anilines is 1. The number of hydrogen-bond donors (Lipinski definition) is 0. The lowest BCUT2D eigenvalue weighted by molar-refractivity contribution is -0.120. The molecule has 0 atom stereocenters. The van der Waals surface area contributed by atoms with Gasteiger partial charge in [0.1, 0.15) is 11.3 Å². The number of para-hydroxylation sites is 2. The first-order valence-electron chi connectivity index (χ1n) is 9.27. The Hall–Kier alpha value is -3.59. The smallest absolute Gasteiger partial charge is 0.267 e. The van der Waals surface area contributed by atoms with Crippen molar-refractivity contribution in [2.45, 2.75) is 6.54 Å². The summed E-state index contributed by atoms with van der Waals surface area (Å²) in [5.41, 5.74) is 0.616. The summed E-state index contributed by atoms with van der Waals surface area (Å²) in [6.45, 7) is -0.209. The Kier molecular flexibility index (Phi) is 6.03. The average molecular weight is 441 g/mol. The number of thiazole rings is 1. The van der Waals surface area contributed by atoms with Crippen molar-refractivity contribution in [3.05, 3.63) is 78.1 Å². The molecule has 2 aromatic heterocycles. The number of pyridine rings is 1. The average Bonchev–Trinajstić information content (AvgIpc) is 3.20. The number of benzene rings is 2. The number of methoxy groups -OCH3 is 1. The number of nitrogens with zero attached hydrogens (tertiary/aromatic N) is 3. The van der Waals surface area contributed by atoms with Crippen molar-refractivity contribution in [2.75, 3.05) is 18.6 Å². The van der Waals surface area contributed by atoms with E-state index >= 15 is 0 Å². The highest BCUT2D eigenvalue weighted by Gasteiger charge is 2.23. The second kappa shape index (κ2) is 9.05. The van der Waals surface area contributed by atoms with Crippen LogP contribution in [0.3, 0.4) is 0 Å². The van der Waals surface area contributed by atoms with E-state index in [2.05, 4.69) is 9.97 Å². The molecule has 0 radical (unpaired) electrons. The number of hydrogen-bond acceptors (Lipinski definition) is 6. The van der Waals surface area contributed by atoms with Gasteiger partial charge in [-0.05, 0) is 30.3 Å². The normalized spacial score (nSPS) is 10.8. The van der Waals surface area contributed by atoms with Crippen LogP contribution >= 0.6 is 11.3 Å². The molecule has 31 heavy (non-hydrogen) atoms. The first-order chi connectivity index (χ1) is 15.0. The Labute approximate surface area is 180 Å². The molecule has 0 saturated carbocycles. The van der Waals surface area contributed by atoms with Crippen molar-refractivity contribution in [1.82, 2.24) is 9.97 Å². The van der Waals surface area contributed by atoms with Gasteiger partial charge in [-0.1, -0.05) is 29.5 Å². The fraction of sp³-hybridized carbons (Fsp3) is 0.136. The van der Waals surface area contributed by atoms with Crippen LogP contribution in [-0.2, 0) is 11.3 Å². The van der Waals surface area contributed by atoms with Gasteiger partial charge in [-0.15, -0.1) is 0 Å². The third kappa shape index (κ3) is 4.61. The minimum Gasteiger partial charge on any atom is -0.493 e. The zero-order valence-electron chi connectivity index (χ0n) is 16.4. The predicted molar refractivity (Wildman–Crippen MR) is 113 cm³/mol. The molecule has 4 aromatic rings. The van der Waals surface area contributed by atoms with Gasteiger partial charge in [-0.3, -0.25) is 14.7 Å². The van der Waals surface area contributed by atoms with Gasteiger partial charge in [0.05, 0.1) is 24.0 Å². The van der Waals surface area contributed by atoms with Crippen LogP contribution in [0.2, 0.25) is 0 Å². The standard InChI is InChI=1S/C22H17F2N3O3S/c1-29-17-7-2-3-8-18(17)30-13-20(28)27(12-15-6-4-5-9-25-15)22-26-21-16(24)10-14(23)11-19(21)31-22/h2-11H,12-13H2,1H3. The van der Waals surface area contributed by atoms with E-state index < -0.39 is 17.5 Å². The zero-order valence-corrected chi connectivity index (χ0v) is 17.2. The molecule has 0 N–H and O–H groups in total. The van der Waals surface area contributed by atoms with E-state index in [4.69, 9.17) is 9.47 Å². The number of fused-ring (bicyclic) bond motifs is 1. The maximum absolute atomic E-state index is 14.2. The Morgan fingerprint density at radius 1 is 1.10 bits per heavy atom. The highest BCUT2D eigenvalue weighted by Crippen LogP contribution is 2.32. The fourth-order valence-corrected chi connectivity index (χ4v) is 3.95. The maximum Gasteiger partial charge on any atom is 0.267 e. The molecule has 0 saturated heterocycles. The Morgan fingerprint density at radius 3 is 2.61 bits per heavy atom. The fourth-order valence-electron chi connectivity index (χ4n) is 2.93. The summed E-state index contributed by atoms with van der Waals surface area (Å²) in [4.78, 5) is 22.9. The summed E-state index contributed by atoms with van der Waals surface area (Å²) >= 11 is 1.02. The van der Waals surface area contributed by atoms with Gasteiger partial charge in [-0.25, -0.2) is 13.8 Å². The molecular formula is C22H17F2N3O3S. The lowest BCUT2D eigenvalue weighted by atomic mass is 10.3. The van der Waals surface area contributed by atoms with Gasteiger partial charge in [0, 0.05) is 12.3 Å². The minimum atomic E-state index is -0.784. The van der Waals surface area contributed by atoms with Gasteiger partial charge >= 0.3 is 0 Å². The van der Waals surface area contributed by atoms with Crippen LogP contribution < -0.4 is 14.4 Å². The summed E-state index contributed by atoms with van der Waals surface area (Å²) in [7, 11) is 1.51. The van der Waals surface area contributed by atoms with Crippen molar-refractivity contribution in [2.24, 2.45) is 0 Å². The minimum absolute atomic E-state index is 0.00543. The predicted octanol–water partition coefficient (Wildman–Crippen LogP) is 4.59. The SMILES string of the molecule is COc1ccccc1OCC(=O)N(Cc1ccccn1)c1nc2c(F)cc(F)cc2s1. The van der Waals surface area contributed by atoms with Gasteiger partial charge in [0.25, 0.3) is 5.91 Å². The molecule has 2 heterocycles. The van der Waals surface area contributed by atoms with E-state index in [1.807, 2.05) is 0 Å². The molecule has 0 spiro atoms. The number of ether oxygens (including phenoxy) is 2. The van der Waals surface area contributed by atoms with E-state index in [0.29, 0.717) is 21.9 Å².